The number of nitrogens with one attached hydrogen (secondary N) is 1. The normalized spacial score (nSPS) is 28.8. The van der Waals surface area contributed by atoms with Crippen LogP contribution in [0.1, 0.15) is 44.0 Å². The number of ether oxygens (including phenoxy) is 2. The molecule has 6 nitrogen and oxygen atoms in total. The van der Waals surface area contributed by atoms with Crippen LogP contribution in [0.5, 0.6) is 5.88 Å². The van der Waals surface area contributed by atoms with Gasteiger partial charge >= 0.3 is 0 Å². The maximum absolute atomic E-state index is 6.16. The summed E-state index contributed by atoms with van der Waals surface area (Å²) in [4.78, 5) is 6.85. The van der Waals surface area contributed by atoms with Crippen LogP contribution in [0.25, 0.3) is 0 Å². The van der Waals surface area contributed by atoms with Crippen LogP contribution in [0.2, 0.25) is 0 Å². The number of pyridine rings is 1. The lowest BCUT2D eigenvalue weighted by Gasteiger charge is -2.43. The average Bonchev–Trinajstić information content (AvgIpc) is 3.28. The third-order valence-corrected chi connectivity index (χ3v) is 6.00. The number of aromatic nitrogens is 3. The van der Waals surface area contributed by atoms with Crippen molar-refractivity contribution in [3.05, 3.63) is 41.9 Å². The van der Waals surface area contributed by atoms with Gasteiger partial charge in [0.15, 0.2) is 0 Å². The molecule has 0 amide bonds. The number of aromatic amines is 1. The number of likely N-dealkylation sites (tertiary alicyclic amines) is 1. The number of aryl methyl sites for hydroxylation is 1. The number of hydrogen-bond donors (Lipinski definition) is 1. The van der Waals surface area contributed by atoms with Crippen molar-refractivity contribution in [1.82, 2.24) is 20.1 Å². The van der Waals surface area contributed by atoms with Gasteiger partial charge in [0.05, 0.1) is 11.3 Å². The fourth-order valence-corrected chi connectivity index (χ4v) is 4.53. The number of rotatable bonds is 6. The minimum atomic E-state index is -0.0441. The first-order valence-electron chi connectivity index (χ1n) is 9.62. The van der Waals surface area contributed by atoms with Crippen LogP contribution in [-0.2, 0) is 17.7 Å². The quantitative estimate of drug-likeness (QED) is 0.862. The minimum Gasteiger partial charge on any atom is -0.474 e. The summed E-state index contributed by atoms with van der Waals surface area (Å²) >= 11 is 0. The van der Waals surface area contributed by atoms with E-state index in [0.717, 1.165) is 50.9 Å². The van der Waals surface area contributed by atoms with E-state index < -0.39 is 0 Å². The Morgan fingerprint density at radius 3 is 3.00 bits per heavy atom. The highest BCUT2D eigenvalue weighted by Crippen LogP contribution is 2.43. The van der Waals surface area contributed by atoms with Gasteiger partial charge in [-0.25, -0.2) is 4.98 Å². The van der Waals surface area contributed by atoms with Crippen molar-refractivity contribution in [3.63, 3.8) is 0 Å². The van der Waals surface area contributed by atoms with E-state index in [1.807, 2.05) is 25.3 Å². The third kappa shape index (κ3) is 3.35. The summed E-state index contributed by atoms with van der Waals surface area (Å²) in [5.74, 6) is 0.716. The summed E-state index contributed by atoms with van der Waals surface area (Å²) in [6, 6.07) is 8.36. The molecule has 2 aromatic heterocycles. The third-order valence-electron chi connectivity index (χ3n) is 6.00. The van der Waals surface area contributed by atoms with Crippen molar-refractivity contribution < 1.29 is 9.47 Å². The molecule has 0 bridgehead atoms. The van der Waals surface area contributed by atoms with Crippen LogP contribution in [0.3, 0.4) is 0 Å². The standard InChI is InChI=1S/C20H28N4O2/c1-3-15-12-16(23-22-15)14-24-11-9-20(25-2)8-7-17(13-18(20)24)26-19-6-4-5-10-21-19/h4-6,10,12,17-18H,3,7-9,11,13-14H2,1-2H3,(H,22,23)/t17-,18-,20+/m0/s1. The zero-order valence-corrected chi connectivity index (χ0v) is 15.6. The van der Waals surface area contributed by atoms with Gasteiger partial charge in [0.1, 0.15) is 6.10 Å². The summed E-state index contributed by atoms with van der Waals surface area (Å²) in [7, 11) is 1.86. The molecule has 6 heteroatoms. The fourth-order valence-electron chi connectivity index (χ4n) is 4.53. The van der Waals surface area contributed by atoms with Gasteiger partial charge in [0.2, 0.25) is 5.88 Å². The first-order valence-corrected chi connectivity index (χ1v) is 9.62. The Morgan fingerprint density at radius 2 is 2.27 bits per heavy atom. The number of nitrogens with zero attached hydrogens (tertiary/aromatic N) is 3. The maximum atomic E-state index is 6.16. The number of H-pyrrole nitrogens is 1. The van der Waals surface area contributed by atoms with Crippen LogP contribution < -0.4 is 4.74 Å². The van der Waals surface area contributed by atoms with E-state index in [-0.39, 0.29) is 11.7 Å². The molecule has 2 aromatic rings. The van der Waals surface area contributed by atoms with E-state index in [1.54, 1.807) is 6.20 Å². The summed E-state index contributed by atoms with van der Waals surface area (Å²) in [5, 5.41) is 7.56. The molecule has 1 aliphatic carbocycles. The van der Waals surface area contributed by atoms with Gasteiger partial charge in [-0.05, 0) is 37.8 Å². The number of methoxy groups -OCH3 is 1. The van der Waals surface area contributed by atoms with Gasteiger partial charge < -0.3 is 9.47 Å². The van der Waals surface area contributed by atoms with Crippen LogP contribution in [0.15, 0.2) is 30.5 Å². The molecule has 0 unspecified atom stereocenters. The van der Waals surface area contributed by atoms with E-state index in [4.69, 9.17) is 9.47 Å². The topological polar surface area (TPSA) is 63.3 Å². The molecule has 3 atom stereocenters. The highest BCUT2D eigenvalue weighted by molar-refractivity contribution is 5.13. The molecule has 140 valence electrons. The lowest BCUT2D eigenvalue weighted by Crippen LogP contribution is -2.52. The van der Waals surface area contributed by atoms with Crippen molar-refractivity contribution >= 4 is 0 Å². The molecule has 2 fully saturated rings. The predicted molar refractivity (Wildman–Crippen MR) is 99.0 cm³/mol. The molecular formula is C20H28N4O2. The molecular weight excluding hydrogens is 328 g/mol. The first kappa shape index (κ1) is 17.5. The number of fused-ring (bicyclic) bond motifs is 1. The molecule has 2 aliphatic rings. The molecule has 1 saturated carbocycles. The minimum absolute atomic E-state index is 0.0441. The Hall–Kier alpha value is -1.92. The highest BCUT2D eigenvalue weighted by atomic mass is 16.5. The van der Waals surface area contributed by atoms with Gasteiger partial charge in [-0.2, -0.15) is 5.10 Å². The SMILES string of the molecule is CCc1cc(CN2CC[C@]3(OC)CC[C@H](Oc4ccccn4)C[C@H]23)[nH]n1. The van der Waals surface area contributed by atoms with Crippen molar-refractivity contribution in [2.75, 3.05) is 13.7 Å². The molecule has 0 aromatic carbocycles. The molecule has 0 spiro atoms. The van der Waals surface area contributed by atoms with Crippen molar-refractivity contribution in [2.24, 2.45) is 0 Å². The summed E-state index contributed by atoms with van der Waals surface area (Å²) in [6.07, 6.45) is 7.03. The smallest absolute Gasteiger partial charge is 0.213 e. The van der Waals surface area contributed by atoms with E-state index in [0.29, 0.717) is 11.9 Å². The Labute approximate surface area is 154 Å². The average molecular weight is 356 g/mol. The zero-order chi connectivity index (χ0) is 18.0. The van der Waals surface area contributed by atoms with Crippen LogP contribution >= 0.6 is 0 Å². The van der Waals surface area contributed by atoms with Gasteiger partial charge in [-0.3, -0.25) is 10.00 Å². The van der Waals surface area contributed by atoms with Crippen LogP contribution in [0, 0.1) is 0 Å². The predicted octanol–water partition coefficient (Wildman–Crippen LogP) is 2.96. The largest absolute Gasteiger partial charge is 0.474 e. The molecule has 1 aliphatic heterocycles. The maximum Gasteiger partial charge on any atom is 0.213 e. The zero-order valence-electron chi connectivity index (χ0n) is 15.6. The summed E-state index contributed by atoms with van der Waals surface area (Å²) < 4.78 is 12.2. The van der Waals surface area contributed by atoms with E-state index in [2.05, 4.69) is 33.1 Å². The van der Waals surface area contributed by atoms with Crippen molar-refractivity contribution in [3.8, 4) is 5.88 Å². The second-order valence-corrected chi connectivity index (χ2v) is 7.43. The van der Waals surface area contributed by atoms with Crippen LogP contribution in [-0.4, -0.2) is 51.5 Å². The van der Waals surface area contributed by atoms with Gasteiger partial charge in [0, 0.05) is 50.6 Å². The second kappa shape index (κ2) is 7.37. The fraction of sp³-hybridized carbons (Fsp3) is 0.600. The highest BCUT2D eigenvalue weighted by Gasteiger charge is 2.51. The molecule has 1 saturated heterocycles. The Morgan fingerprint density at radius 1 is 1.35 bits per heavy atom. The lowest BCUT2D eigenvalue weighted by molar-refractivity contribution is -0.0844. The van der Waals surface area contributed by atoms with E-state index in [1.165, 1.54) is 5.69 Å². The molecule has 26 heavy (non-hydrogen) atoms. The van der Waals surface area contributed by atoms with Gasteiger partial charge in [-0.1, -0.05) is 13.0 Å². The summed E-state index contributed by atoms with van der Waals surface area (Å²) in [6.45, 7) is 4.07. The molecule has 3 heterocycles. The monoisotopic (exact) mass is 356 g/mol. The van der Waals surface area contributed by atoms with Gasteiger partial charge in [0.25, 0.3) is 0 Å². The molecule has 1 N–H and O–H groups in total. The van der Waals surface area contributed by atoms with E-state index in [9.17, 15) is 0 Å². The lowest BCUT2D eigenvalue weighted by atomic mass is 9.79. The first-order chi connectivity index (χ1) is 12.7. The Bertz CT molecular complexity index is 720. The molecule has 0 radical (unpaired) electrons. The Balaban J connectivity index is 1.47. The van der Waals surface area contributed by atoms with Crippen molar-refractivity contribution in [1.29, 1.82) is 0 Å². The number of hydrogen-bond acceptors (Lipinski definition) is 5. The van der Waals surface area contributed by atoms with E-state index >= 15 is 0 Å². The van der Waals surface area contributed by atoms with Gasteiger partial charge in [-0.15, -0.1) is 0 Å². The summed E-state index contributed by atoms with van der Waals surface area (Å²) in [5.41, 5.74) is 2.26. The Kier molecular flexibility index (Phi) is 4.96. The van der Waals surface area contributed by atoms with Crippen molar-refractivity contribution in [2.45, 2.75) is 63.3 Å². The second-order valence-electron chi connectivity index (χ2n) is 7.43. The molecule has 4 rings (SSSR count). The van der Waals surface area contributed by atoms with Crippen LogP contribution in [0.4, 0.5) is 0 Å².